The molecular formula is C16H27N3. The van der Waals surface area contributed by atoms with Gasteiger partial charge in [-0.25, -0.2) is 0 Å². The van der Waals surface area contributed by atoms with Crippen LogP contribution in [-0.2, 0) is 6.54 Å². The minimum Gasteiger partial charge on any atom is -0.316 e. The first kappa shape index (κ1) is 14.5. The third-order valence-electron chi connectivity index (χ3n) is 4.00. The highest BCUT2D eigenvalue weighted by Crippen LogP contribution is 2.15. The molecule has 1 aliphatic heterocycles. The smallest absolute Gasteiger partial charge is 0.0315 e. The Morgan fingerprint density at radius 1 is 1.47 bits per heavy atom. The number of aryl methyl sites for hydroxylation is 1. The number of aromatic nitrogens is 1. The molecular weight excluding hydrogens is 234 g/mol. The van der Waals surface area contributed by atoms with Gasteiger partial charge in [-0.05, 0) is 68.9 Å². The van der Waals surface area contributed by atoms with Crippen molar-refractivity contribution >= 4 is 0 Å². The molecule has 0 bridgehead atoms. The first-order chi connectivity index (χ1) is 9.29. The van der Waals surface area contributed by atoms with Gasteiger partial charge in [-0.15, -0.1) is 0 Å². The molecule has 1 aliphatic rings. The van der Waals surface area contributed by atoms with Gasteiger partial charge in [0.05, 0.1) is 0 Å². The van der Waals surface area contributed by atoms with E-state index in [4.69, 9.17) is 0 Å². The summed E-state index contributed by atoms with van der Waals surface area (Å²) in [6, 6.07) is 2.11. The topological polar surface area (TPSA) is 28.2 Å². The van der Waals surface area contributed by atoms with Crippen LogP contribution in [0.5, 0.6) is 0 Å². The second-order valence-electron chi connectivity index (χ2n) is 5.75. The van der Waals surface area contributed by atoms with Crippen molar-refractivity contribution in [2.75, 3.05) is 26.2 Å². The Balaban J connectivity index is 1.93. The summed E-state index contributed by atoms with van der Waals surface area (Å²) in [4.78, 5) is 6.87. The van der Waals surface area contributed by atoms with E-state index in [9.17, 15) is 0 Å². The average Bonchev–Trinajstić information content (AvgIpc) is 2.43. The molecule has 1 fully saturated rings. The Morgan fingerprint density at radius 2 is 2.37 bits per heavy atom. The summed E-state index contributed by atoms with van der Waals surface area (Å²) >= 11 is 0. The SMILES string of the molecule is CCCN(Cc1cnccc1C)CC1CCCNC1. The van der Waals surface area contributed by atoms with Crippen molar-refractivity contribution in [2.45, 2.75) is 39.7 Å². The van der Waals surface area contributed by atoms with Crippen molar-refractivity contribution in [1.29, 1.82) is 0 Å². The predicted octanol–water partition coefficient (Wildman–Crippen LogP) is 2.60. The van der Waals surface area contributed by atoms with Gasteiger partial charge in [0.1, 0.15) is 0 Å². The van der Waals surface area contributed by atoms with Gasteiger partial charge in [0, 0.05) is 25.5 Å². The van der Waals surface area contributed by atoms with Crippen molar-refractivity contribution in [3.8, 4) is 0 Å². The van der Waals surface area contributed by atoms with Crippen LogP contribution in [0.3, 0.4) is 0 Å². The molecule has 1 saturated heterocycles. The largest absolute Gasteiger partial charge is 0.316 e. The van der Waals surface area contributed by atoms with E-state index in [1.807, 2.05) is 12.4 Å². The Morgan fingerprint density at radius 3 is 3.05 bits per heavy atom. The van der Waals surface area contributed by atoms with Crippen LogP contribution in [0, 0.1) is 12.8 Å². The molecule has 3 nitrogen and oxygen atoms in total. The molecule has 3 heteroatoms. The number of nitrogens with one attached hydrogen (secondary N) is 1. The molecule has 0 saturated carbocycles. The van der Waals surface area contributed by atoms with Crippen LogP contribution in [-0.4, -0.2) is 36.1 Å². The van der Waals surface area contributed by atoms with Crippen LogP contribution in [0.2, 0.25) is 0 Å². The number of nitrogens with zero attached hydrogens (tertiary/aromatic N) is 2. The van der Waals surface area contributed by atoms with E-state index in [2.05, 4.69) is 35.1 Å². The average molecular weight is 261 g/mol. The fourth-order valence-corrected chi connectivity index (χ4v) is 2.90. The summed E-state index contributed by atoms with van der Waals surface area (Å²) in [6.07, 6.45) is 7.83. The van der Waals surface area contributed by atoms with Crippen molar-refractivity contribution in [3.63, 3.8) is 0 Å². The molecule has 1 atom stereocenters. The molecule has 19 heavy (non-hydrogen) atoms. The standard InChI is InChI=1S/C16H27N3/c1-3-9-19(12-15-5-4-7-17-10-15)13-16-11-18-8-6-14(16)2/h6,8,11,15,17H,3-5,7,9-10,12-13H2,1-2H3. The van der Waals surface area contributed by atoms with E-state index >= 15 is 0 Å². The van der Waals surface area contributed by atoms with Crippen LogP contribution in [0.1, 0.15) is 37.3 Å². The van der Waals surface area contributed by atoms with Crippen molar-refractivity contribution in [3.05, 3.63) is 29.6 Å². The van der Waals surface area contributed by atoms with Crippen molar-refractivity contribution < 1.29 is 0 Å². The Kier molecular flexibility index (Phi) is 5.80. The van der Waals surface area contributed by atoms with Crippen molar-refractivity contribution in [1.82, 2.24) is 15.2 Å². The van der Waals surface area contributed by atoms with Gasteiger partial charge >= 0.3 is 0 Å². The van der Waals surface area contributed by atoms with Gasteiger partial charge < -0.3 is 5.32 Å². The van der Waals surface area contributed by atoms with Gasteiger partial charge in [0.15, 0.2) is 0 Å². The molecule has 0 aromatic carbocycles. The normalized spacial score (nSPS) is 19.8. The molecule has 1 aromatic heterocycles. The number of pyridine rings is 1. The zero-order chi connectivity index (χ0) is 13.5. The maximum Gasteiger partial charge on any atom is 0.0315 e. The summed E-state index contributed by atoms with van der Waals surface area (Å²) in [5, 5.41) is 3.52. The van der Waals surface area contributed by atoms with Crippen LogP contribution in [0.4, 0.5) is 0 Å². The maximum absolute atomic E-state index is 4.27. The summed E-state index contributed by atoms with van der Waals surface area (Å²) < 4.78 is 0. The third-order valence-corrected chi connectivity index (χ3v) is 4.00. The molecule has 0 radical (unpaired) electrons. The lowest BCUT2D eigenvalue weighted by Gasteiger charge is -2.30. The molecule has 106 valence electrons. The van der Waals surface area contributed by atoms with E-state index < -0.39 is 0 Å². The molecule has 2 heterocycles. The lowest BCUT2D eigenvalue weighted by Crippen LogP contribution is -2.38. The van der Waals surface area contributed by atoms with Crippen LogP contribution >= 0.6 is 0 Å². The summed E-state index contributed by atoms with van der Waals surface area (Å²) in [5.74, 6) is 0.817. The number of rotatable bonds is 6. The fourth-order valence-electron chi connectivity index (χ4n) is 2.90. The number of hydrogen-bond acceptors (Lipinski definition) is 3. The first-order valence-electron chi connectivity index (χ1n) is 7.62. The minimum absolute atomic E-state index is 0.817. The Labute approximate surface area is 117 Å². The third kappa shape index (κ3) is 4.59. The molecule has 0 aliphatic carbocycles. The minimum atomic E-state index is 0.817. The van der Waals surface area contributed by atoms with Gasteiger partial charge in [-0.2, -0.15) is 0 Å². The predicted molar refractivity (Wildman–Crippen MR) is 80.1 cm³/mol. The maximum atomic E-state index is 4.27. The molecule has 0 amide bonds. The van der Waals surface area contributed by atoms with Gasteiger partial charge in [0.25, 0.3) is 0 Å². The van der Waals surface area contributed by atoms with Gasteiger partial charge in [-0.1, -0.05) is 6.92 Å². The lowest BCUT2D eigenvalue weighted by molar-refractivity contribution is 0.201. The highest BCUT2D eigenvalue weighted by Gasteiger charge is 2.17. The Hall–Kier alpha value is -0.930. The van der Waals surface area contributed by atoms with Gasteiger partial charge in [0.2, 0.25) is 0 Å². The molecule has 1 N–H and O–H groups in total. The Bertz CT molecular complexity index is 372. The van der Waals surface area contributed by atoms with Crippen LogP contribution in [0.25, 0.3) is 0 Å². The summed E-state index contributed by atoms with van der Waals surface area (Å²) in [7, 11) is 0. The van der Waals surface area contributed by atoms with E-state index in [0.29, 0.717) is 0 Å². The van der Waals surface area contributed by atoms with E-state index in [1.54, 1.807) is 0 Å². The lowest BCUT2D eigenvalue weighted by atomic mass is 9.98. The molecule has 0 spiro atoms. The highest BCUT2D eigenvalue weighted by molar-refractivity contribution is 5.21. The zero-order valence-corrected chi connectivity index (χ0v) is 12.4. The van der Waals surface area contributed by atoms with E-state index in [-0.39, 0.29) is 0 Å². The quantitative estimate of drug-likeness (QED) is 0.853. The second-order valence-corrected chi connectivity index (χ2v) is 5.75. The zero-order valence-electron chi connectivity index (χ0n) is 12.4. The van der Waals surface area contributed by atoms with Gasteiger partial charge in [-0.3, -0.25) is 9.88 Å². The highest BCUT2D eigenvalue weighted by atomic mass is 15.1. The fraction of sp³-hybridized carbons (Fsp3) is 0.688. The molecule has 1 unspecified atom stereocenters. The summed E-state index contributed by atoms with van der Waals surface area (Å²) in [5.41, 5.74) is 2.73. The number of piperidine rings is 1. The van der Waals surface area contributed by atoms with Crippen molar-refractivity contribution in [2.24, 2.45) is 5.92 Å². The second kappa shape index (κ2) is 7.61. The van der Waals surface area contributed by atoms with Crippen LogP contribution < -0.4 is 5.32 Å². The van der Waals surface area contributed by atoms with E-state index in [1.165, 1.54) is 56.6 Å². The molecule has 1 aromatic rings. The number of hydrogen-bond donors (Lipinski definition) is 1. The summed E-state index contributed by atoms with van der Waals surface area (Å²) in [6.45, 7) is 10.3. The first-order valence-corrected chi connectivity index (χ1v) is 7.62. The van der Waals surface area contributed by atoms with Crippen LogP contribution in [0.15, 0.2) is 18.5 Å². The van der Waals surface area contributed by atoms with E-state index in [0.717, 1.165) is 12.5 Å². The monoisotopic (exact) mass is 261 g/mol. The molecule has 2 rings (SSSR count).